The highest BCUT2D eigenvalue weighted by Gasteiger charge is 2.49. The third kappa shape index (κ3) is 2.75. The van der Waals surface area contributed by atoms with Crippen molar-refractivity contribution in [2.45, 2.75) is 6.42 Å². The lowest BCUT2D eigenvalue weighted by Gasteiger charge is -2.47. The molecule has 0 aliphatic carbocycles. The molecule has 0 bridgehead atoms. The van der Waals surface area contributed by atoms with Gasteiger partial charge in [-0.05, 0) is 18.6 Å². The molecule has 8 heteroatoms. The van der Waals surface area contributed by atoms with Gasteiger partial charge in [0, 0.05) is 44.7 Å². The summed E-state index contributed by atoms with van der Waals surface area (Å²) < 4.78 is 7.37. The van der Waals surface area contributed by atoms with Gasteiger partial charge in [0.2, 0.25) is 5.91 Å². The Morgan fingerprint density at radius 2 is 2.00 bits per heavy atom. The predicted molar refractivity (Wildman–Crippen MR) is 102 cm³/mol. The molecule has 0 aromatic carbocycles. The van der Waals surface area contributed by atoms with Crippen molar-refractivity contribution in [2.24, 2.45) is 5.41 Å². The number of aromatic nitrogens is 3. The van der Waals surface area contributed by atoms with Crippen molar-refractivity contribution >= 4 is 22.9 Å². The van der Waals surface area contributed by atoms with Gasteiger partial charge in [-0.25, -0.2) is 9.50 Å². The maximum Gasteiger partial charge on any atom is 0.245 e. The monoisotopic (exact) mass is 368 g/mol. The van der Waals surface area contributed by atoms with Crippen LogP contribution >= 0.6 is 0 Å². The fraction of sp³-hybridized carbons (Fsp3) is 0.526. The van der Waals surface area contributed by atoms with E-state index >= 15 is 0 Å². The number of morpholine rings is 1. The molecule has 5 rings (SSSR count). The molecule has 3 aliphatic heterocycles. The maximum atomic E-state index is 11.8. The van der Waals surface area contributed by atoms with Gasteiger partial charge >= 0.3 is 0 Å². The van der Waals surface area contributed by atoms with Gasteiger partial charge in [0.15, 0.2) is 5.65 Å². The molecule has 5 heterocycles. The lowest BCUT2D eigenvalue weighted by atomic mass is 9.79. The second-order valence-corrected chi connectivity index (χ2v) is 7.78. The van der Waals surface area contributed by atoms with Crippen molar-refractivity contribution in [2.75, 3.05) is 62.3 Å². The topological polar surface area (TPSA) is 66.2 Å². The molecule has 142 valence electrons. The normalized spacial score (nSPS) is 21.7. The van der Waals surface area contributed by atoms with Gasteiger partial charge in [0.1, 0.15) is 6.33 Å². The zero-order chi connectivity index (χ0) is 18.4. The van der Waals surface area contributed by atoms with E-state index in [1.54, 1.807) is 6.33 Å². The Hall–Kier alpha value is -2.61. The van der Waals surface area contributed by atoms with Crippen LogP contribution < -0.4 is 9.80 Å². The molecule has 1 spiro atoms. The summed E-state index contributed by atoms with van der Waals surface area (Å²) in [4.78, 5) is 22.9. The van der Waals surface area contributed by atoms with Crippen LogP contribution in [0.5, 0.6) is 0 Å². The zero-order valence-electron chi connectivity index (χ0n) is 15.4. The van der Waals surface area contributed by atoms with E-state index in [9.17, 15) is 4.79 Å². The van der Waals surface area contributed by atoms with Crippen LogP contribution in [0.2, 0.25) is 0 Å². The fourth-order valence-electron chi connectivity index (χ4n) is 4.57. The molecule has 0 atom stereocenters. The van der Waals surface area contributed by atoms with Crippen LogP contribution in [0.4, 0.5) is 11.4 Å². The molecule has 3 aliphatic rings. The molecule has 27 heavy (non-hydrogen) atoms. The summed E-state index contributed by atoms with van der Waals surface area (Å²) in [5.74, 6) is 0.0395. The number of rotatable bonds is 3. The average molecular weight is 368 g/mol. The van der Waals surface area contributed by atoms with E-state index in [0.29, 0.717) is 0 Å². The number of fused-ring (bicyclic) bond motifs is 1. The first-order valence-corrected chi connectivity index (χ1v) is 9.50. The van der Waals surface area contributed by atoms with Crippen molar-refractivity contribution in [3.05, 3.63) is 31.2 Å². The minimum Gasteiger partial charge on any atom is -0.378 e. The highest BCUT2D eigenvalue weighted by atomic mass is 16.5. The van der Waals surface area contributed by atoms with Gasteiger partial charge in [-0.2, -0.15) is 5.10 Å². The smallest absolute Gasteiger partial charge is 0.245 e. The van der Waals surface area contributed by atoms with E-state index in [1.807, 2.05) is 9.42 Å². The summed E-state index contributed by atoms with van der Waals surface area (Å²) in [6, 6.07) is 2.24. The van der Waals surface area contributed by atoms with Crippen LogP contribution in [-0.4, -0.2) is 77.9 Å². The number of amides is 1. The quantitative estimate of drug-likeness (QED) is 0.747. The number of carbonyl (C=O) groups excluding carboxylic acids is 1. The standard InChI is InChI=1S/C19H24N6O2/c1-2-17(26)24-12-19(13-24)3-4-23(11-19)15-9-16(22-5-7-27-8-6-22)18-20-14-21-25(18)10-15/h2,9-10,14H,1,3-8,11-13H2. The van der Waals surface area contributed by atoms with Gasteiger partial charge in [-0.3, -0.25) is 4.79 Å². The first-order valence-electron chi connectivity index (χ1n) is 9.50. The van der Waals surface area contributed by atoms with Gasteiger partial charge in [-0.15, -0.1) is 0 Å². The van der Waals surface area contributed by atoms with E-state index in [4.69, 9.17) is 4.74 Å². The number of nitrogens with zero attached hydrogens (tertiary/aromatic N) is 6. The highest BCUT2D eigenvalue weighted by molar-refractivity contribution is 5.87. The maximum absolute atomic E-state index is 11.8. The molecule has 2 aromatic rings. The second-order valence-electron chi connectivity index (χ2n) is 7.78. The van der Waals surface area contributed by atoms with Crippen LogP contribution in [0, 0.1) is 5.41 Å². The van der Waals surface area contributed by atoms with E-state index in [1.165, 1.54) is 11.8 Å². The first-order chi connectivity index (χ1) is 13.2. The van der Waals surface area contributed by atoms with Gasteiger partial charge in [-0.1, -0.05) is 6.58 Å². The predicted octanol–water partition coefficient (Wildman–Crippen LogP) is 0.791. The van der Waals surface area contributed by atoms with E-state index < -0.39 is 0 Å². The molecule has 3 saturated heterocycles. The Bertz CT molecular complexity index is 881. The van der Waals surface area contributed by atoms with Crippen LogP contribution in [-0.2, 0) is 9.53 Å². The number of pyridine rings is 1. The van der Waals surface area contributed by atoms with Crippen molar-refractivity contribution in [1.29, 1.82) is 0 Å². The molecular weight excluding hydrogens is 344 g/mol. The van der Waals surface area contributed by atoms with E-state index in [2.05, 4.69) is 38.7 Å². The van der Waals surface area contributed by atoms with Gasteiger partial charge in [0.25, 0.3) is 0 Å². The number of carbonyl (C=O) groups is 1. The van der Waals surface area contributed by atoms with E-state index in [0.717, 1.165) is 70.2 Å². The summed E-state index contributed by atoms with van der Waals surface area (Å²) in [5, 5.41) is 4.38. The third-order valence-electron chi connectivity index (χ3n) is 6.04. The van der Waals surface area contributed by atoms with Crippen molar-refractivity contribution in [3.63, 3.8) is 0 Å². The minimum absolute atomic E-state index is 0.0395. The third-order valence-corrected chi connectivity index (χ3v) is 6.04. The van der Waals surface area contributed by atoms with Gasteiger partial charge in [0.05, 0.1) is 30.8 Å². The zero-order valence-corrected chi connectivity index (χ0v) is 15.4. The molecule has 0 N–H and O–H groups in total. The number of hydrogen-bond acceptors (Lipinski definition) is 6. The minimum atomic E-state index is 0.0395. The van der Waals surface area contributed by atoms with Crippen LogP contribution in [0.25, 0.3) is 5.65 Å². The Labute approximate surface area is 158 Å². The Morgan fingerprint density at radius 1 is 1.19 bits per heavy atom. The van der Waals surface area contributed by atoms with Crippen LogP contribution in [0.1, 0.15) is 6.42 Å². The van der Waals surface area contributed by atoms with Gasteiger partial charge < -0.3 is 19.4 Å². The fourth-order valence-corrected chi connectivity index (χ4v) is 4.57. The average Bonchev–Trinajstić information content (AvgIpc) is 3.33. The number of likely N-dealkylation sites (tertiary alicyclic amines) is 1. The highest BCUT2D eigenvalue weighted by Crippen LogP contribution is 2.42. The summed E-state index contributed by atoms with van der Waals surface area (Å²) in [6.07, 6.45) is 6.19. The molecule has 0 unspecified atom stereocenters. The summed E-state index contributed by atoms with van der Waals surface area (Å²) in [7, 11) is 0. The van der Waals surface area contributed by atoms with Crippen LogP contribution in [0.3, 0.4) is 0 Å². The Kier molecular flexibility index (Phi) is 3.82. The molecule has 0 saturated carbocycles. The summed E-state index contributed by atoms with van der Waals surface area (Å²) >= 11 is 0. The second kappa shape index (κ2) is 6.23. The SMILES string of the molecule is C=CC(=O)N1CC2(CCN(c3cc(N4CCOCC4)c4ncnn4c3)C2)C1. The molecule has 8 nitrogen and oxygen atoms in total. The molecule has 1 amide bonds. The van der Waals surface area contributed by atoms with Crippen molar-refractivity contribution in [1.82, 2.24) is 19.5 Å². The van der Waals surface area contributed by atoms with Crippen molar-refractivity contribution < 1.29 is 9.53 Å². The van der Waals surface area contributed by atoms with Crippen LogP contribution in [0.15, 0.2) is 31.2 Å². The Morgan fingerprint density at radius 3 is 2.78 bits per heavy atom. The summed E-state index contributed by atoms with van der Waals surface area (Å²) in [6.45, 7) is 10.4. The first kappa shape index (κ1) is 16.6. The molecule has 2 aromatic heterocycles. The molecular formula is C19H24N6O2. The lowest BCUT2D eigenvalue weighted by Crippen LogP contribution is -2.59. The van der Waals surface area contributed by atoms with Crippen molar-refractivity contribution in [3.8, 4) is 0 Å². The summed E-state index contributed by atoms with van der Waals surface area (Å²) in [5.41, 5.74) is 3.39. The number of ether oxygens (including phenoxy) is 1. The number of hydrogen-bond donors (Lipinski definition) is 0. The molecule has 3 fully saturated rings. The number of anilines is 2. The van der Waals surface area contributed by atoms with E-state index in [-0.39, 0.29) is 11.3 Å². The Balaban J connectivity index is 1.39. The largest absolute Gasteiger partial charge is 0.378 e. The lowest BCUT2D eigenvalue weighted by molar-refractivity contribution is -0.136. The molecule has 0 radical (unpaired) electrons.